The molecule has 69 heavy (non-hydrogen) atoms. The van der Waals surface area contributed by atoms with Crippen molar-refractivity contribution in [1.29, 1.82) is 0 Å². The Morgan fingerprint density at radius 3 is 2.49 bits per heavy atom. The number of hydrogen-bond donors (Lipinski definition) is 4. The number of amides is 5. The molecular formula is C47H53N15O7. The summed E-state index contributed by atoms with van der Waals surface area (Å²) in [5.41, 5.74) is 3.11. The molecule has 22 heteroatoms. The Labute approximate surface area is 394 Å². The Hall–Kier alpha value is -7.49. The number of urea groups is 1. The standard InChI is InChI=1S/C47H53N15O7/c1-48-36-21-35(52-40-28(22-49-62(36)40)41(64)51-29-9-11-34(29)69-3)50-30-6-5-17-58(43(30)66)37-20-27-23-59(47(13-14-47)26-60(27)54-37)45(68)57-24-46(25-57)15-18-56(19-16-46)31-7-4-8-32-39(31)55(2)44(67)61(32)33-10-12-38(63)53-42(33)65/h4-8,17,20-22,29,33-34,48H,9-16,18-19,23-26H2,1-3H3,(H,50,52)(H,51,64)(H,53,63,65)/t29-,33?,34-/m1/s1. The average Bonchev–Trinajstić information content (AvgIpc) is 3.62. The van der Waals surface area contributed by atoms with Crippen molar-refractivity contribution in [2.24, 2.45) is 12.5 Å². The van der Waals surface area contributed by atoms with E-state index in [4.69, 9.17) is 14.8 Å². The number of piperidine rings is 2. The van der Waals surface area contributed by atoms with Crippen LogP contribution in [0, 0.1) is 5.41 Å². The van der Waals surface area contributed by atoms with Crippen molar-refractivity contribution in [2.75, 3.05) is 55.9 Å². The third kappa shape index (κ3) is 6.88. The molecule has 358 valence electrons. The normalized spacial score (nSPS) is 22.4. The molecule has 1 unspecified atom stereocenters. The van der Waals surface area contributed by atoms with Crippen molar-refractivity contribution < 1.29 is 23.9 Å². The number of nitrogens with zero attached hydrogens (tertiary/aromatic N) is 11. The van der Waals surface area contributed by atoms with Crippen LogP contribution in [0.2, 0.25) is 0 Å². The summed E-state index contributed by atoms with van der Waals surface area (Å²) in [6.45, 7) is 3.77. The fourth-order valence-electron chi connectivity index (χ4n) is 11.3. The fourth-order valence-corrected chi connectivity index (χ4v) is 11.3. The summed E-state index contributed by atoms with van der Waals surface area (Å²) in [7, 11) is 5.10. The second-order valence-electron chi connectivity index (χ2n) is 19.6. The van der Waals surface area contributed by atoms with Gasteiger partial charge in [-0.15, -0.1) is 0 Å². The molecule has 0 radical (unpaired) electrons. The van der Waals surface area contributed by atoms with Crippen LogP contribution in [0.1, 0.15) is 73.5 Å². The number of rotatable bonds is 9. The van der Waals surface area contributed by atoms with Crippen LogP contribution in [0.3, 0.4) is 0 Å². The number of nitrogens with one attached hydrogen (secondary N) is 4. The highest BCUT2D eigenvalue weighted by atomic mass is 16.5. The number of benzene rings is 1. The van der Waals surface area contributed by atoms with Crippen molar-refractivity contribution in [1.82, 2.24) is 58.5 Å². The number of carbonyl (C=O) groups excluding carboxylic acids is 4. The van der Waals surface area contributed by atoms with Gasteiger partial charge in [-0.2, -0.15) is 14.7 Å². The summed E-state index contributed by atoms with van der Waals surface area (Å²) in [6, 6.07) is 12.0. The molecule has 22 nitrogen and oxygen atoms in total. The second-order valence-corrected chi connectivity index (χ2v) is 19.6. The smallest absolute Gasteiger partial charge is 0.329 e. The number of fused-ring (bicyclic) bond motifs is 3. The molecule has 3 atom stereocenters. The molecule has 2 saturated carbocycles. The Balaban J connectivity index is 0.720. The highest BCUT2D eigenvalue weighted by Crippen LogP contribution is 2.49. The van der Waals surface area contributed by atoms with Crippen LogP contribution in [0.25, 0.3) is 22.5 Å². The van der Waals surface area contributed by atoms with Crippen molar-refractivity contribution in [2.45, 2.75) is 88.2 Å². The van der Waals surface area contributed by atoms with E-state index >= 15 is 0 Å². The number of pyridine rings is 1. The van der Waals surface area contributed by atoms with Gasteiger partial charge >= 0.3 is 11.7 Å². The fraction of sp³-hybridized carbons (Fsp3) is 0.468. The predicted octanol–water partition coefficient (Wildman–Crippen LogP) is 2.47. The lowest BCUT2D eigenvalue weighted by molar-refractivity contribution is -0.135. The number of methoxy groups -OCH3 is 1. The van der Waals surface area contributed by atoms with E-state index in [2.05, 4.69) is 31.3 Å². The minimum atomic E-state index is -0.749. The van der Waals surface area contributed by atoms with Crippen molar-refractivity contribution in [3.63, 3.8) is 0 Å². The van der Waals surface area contributed by atoms with Gasteiger partial charge in [-0.3, -0.25) is 42.9 Å². The highest BCUT2D eigenvalue weighted by molar-refractivity contribution is 6.01. The van der Waals surface area contributed by atoms with Crippen LogP contribution in [0.4, 0.5) is 27.8 Å². The van der Waals surface area contributed by atoms with Gasteiger partial charge in [0.2, 0.25) is 11.8 Å². The van der Waals surface area contributed by atoms with Gasteiger partial charge in [-0.25, -0.2) is 14.6 Å². The van der Waals surface area contributed by atoms with E-state index in [1.165, 1.54) is 15.3 Å². The lowest BCUT2D eigenvalue weighted by atomic mass is 9.72. The van der Waals surface area contributed by atoms with Gasteiger partial charge in [-0.05, 0) is 69.2 Å². The molecule has 5 fully saturated rings. The number of imidazole rings is 1. The summed E-state index contributed by atoms with van der Waals surface area (Å²) in [5.74, 6) is 0.259. The van der Waals surface area contributed by atoms with E-state index in [1.54, 1.807) is 54.7 Å². The zero-order chi connectivity index (χ0) is 47.5. The van der Waals surface area contributed by atoms with Crippen LogP contribution < -0.4 is 37.4 Å². The number of anilines is 4. The van der Waals surface area contributed by atoms with Crippen LogP contribution in [0.15, 0.2) is 64.4 Å². The topological polar surface area (TPSA) is 232 Å². The lowest BCUT2D eigenvalue weighted by Crippen LogP contribution is -2.65. The van der Waals surface area contributed by atoms with Gasteiger partial charge in [0.15, 0.2) is 11.5 Å². The third-order valence-electron chi connectivity index (χ3n) is 15.6. The monoisotopic (exact) mass is 939 g/mol. The molecule has 9 heterocycles. The molecule has 4 aliphatic heterocycles. The lowest BCUT2D eigenvalue weighted by Gasteiger charge is -2.55. The summed E-state index contributed by atoms with van der Waals surface area (Å²) < 4.78 is 13.5. The first-order chi connectivity index (χ1) is 33.4. The van der Waals surface area contributed by atoms with Gasteiger partial charge < -0.3 is 35.4 Å². The number of carbonyl (C=O) groups is 4. The van der Waals surface area contributed by atoms with Crippen LogP contribution in [-0.4, -0.2) is 130 Å². The Kier molecular flexibility index (Phi) is 9.80. The zero-order valence-corrected chi connectivity index (χ0v) is 38.6. The number of aromatic nitrogens is 8. The van der Waals surface area contributed by atoms with Gasteiger partial charge in [0.25, 0.3) is 11.5 Å². The minimum absolute atomic E-state index is 0.00176. The Bertz CT molecular complexity index is 3250. The third-order valence-corrected chi connectivity index (χ3v) is 15.6. The van der Waals surface area contributed by atoms with Gasteiger partial charge in [0.1, 0.15) is 28.9 Å². The SMILES string of the molecule is CNc1cc(Nc2cccn(-c3cc4n(n3)CC3(CC3)N(C(=O)N3CC5(CCN(c6cccc7c6n(C)c(=O)n7C6CCC(=O)NC6=O)CC5)C3)C4)c2=O)nc2c(C(=O)N[C@@H]3CC[C@H]3OC)cnn12. The van der Waals surface area contributed by atoms with E-state index in [1.807, 2.05) is 38.7 Å². The number of hydrogen-bond acceptors (Lipinski definition) is 13. The zero-order valence-electron chi connectivity index (χ0n) is 38.6. The molecule has 6 aromatic rings. The summed E-state index contributed by atoms with van der Waals surface area (Å²) in [6.07, 6.45) is 8.81. The first-order valence-electron chi connectivity index (χ1n) is 23.7. The minimum Gasteiger partial charge on any atom is -0.379 e. The summed E-state index contributed by atoms with van der Waals surface area (Å²) in [5, 5.41) is 21.0. The van der Waals surface area contributed by atoms with E-state index in [-0.39, 0.29) is 70.7 Å². The number of ether oxygens (including phenoxy) is 1. The molecule has 0 bridgehead atoms. The van der Waals surface area contributed by atoms with Gasteiger partial charge in [0.05, 0.1) is 59.4 Å². The van der Waals surface area contributed by atoms with Crippen molar-refractivity contribution in [3.8, 4) is 5.82 Å². The summed E-state index contributed by atoms with van der Waals surface area (Å²) in [4.78, 5) is 91.1. The van der Waals surface area contributed by atoms with E-state index in [0.717, 1.165) is 68.5 Å². The second kappa shape index (κ2) is 15.8. The average molecular weight is 940 g/mol. The van der Waals surface area contributed by atoms with E-state index in [0.29, 0.717) is 60.4 Å². The van der Waals surface area contributed by atoms with E-state index in [9.17, 15) is 28.8 Å². The molecule has 6 aliphatic rings. The molecular weight excluding hydrogens is 887 g/mol. The molecule has 2 spiro atoms. The quantitative estimate of drug-likeness (QED) is 0.153. The van der Waals surface area contributed by atoms with Gasteiger partial charge in [0, 0.05) is 77.5 Å². The maximum atomic E-state index is 14.4. The Morgan fingerprint density at radius 2 is 1.77 bits per heavy atom. The largest absolute Gasteiger partial charge is 0.379 e. The van der Waals surface area contributed by atoms with Crippen LogP contribution in [0.5, 0.6) is 0 Å². The molecule has 5 aromatic heterocycles. The number of likely N-dealkylation sites (tertiary alicyclic amines) is 1. The first kappa shape index (κ1) is 42.8. The maximum Gasteiger partial charge on any atom is 0.329 e. The van der Waals surface area contributed by atoms with E-state index < -0.39 is 11.9 Å². The summed E-state index contributed by atoms with van der Waals surface area (Å²) >= 11 is 0. The molecule has 4 N–H and O–H groups in total. The van der Waals surface area contributed by atoms with Crippen molar-refractivity contribution >= 4 is 63.4 Å². The maximum absolute atomic E-state index is 14.4. The number of aryl methyl sites for hydroxylation is 1. The first-order valence-corrected chi connectivity index (χ1v) is 23.7. The number of imide groups is 1. The predicted molar refractivity (Wildman–Crippen MR) is 252 cm³/mol. The van der Waals surface area contributed by atoms with Crippen molar-refractivity contribution in [3.05, 3.63) is 87.0 Å². The van der Waals surface area contributed by atoms with Gasteiger partial charge in [-0.1, -0.05) is 6.07 Å². The molecule has 5 amide bonds. The van der Waals surface area contributed by atoms with Crippen LogP contribution in [-0.2, 0) is 34.5 Å². The molecule has 12 rings (SSSR count). The number of para-hydroxylation sites is 1. The molecule has 3 saturated heterocycles. The Morgan fingerprint density at radius 1 is 0.957 bits per heavy atom. The highest BCUT2D eigenvalue weighted by Gasteiger charge is 2.57. The molecule has 1 aromatic carbocycles. The van der Waals surface area contributed by atoms with Crippen LogP contribution >= 0.6 is 0 Å². The molecule has 2 aliphatic carbocycles.